The summed E-state index contributed by atoms with van der Waals surface area (Å²) in [5.41, 5.74) is 0. The van der Waals surface area contributed by atoms with E-state index in [1.165, 1.54) is 0 Å². The predicted molar refractivity (Wildman–Crippen MR) is 149 cm³/mol. The first-order chi connectivity index (χ1) is 19.9. The molecule has 2 aliphatic rings. The number of hydrogen-bond acceptors (Lipinski definition) is 13. The van der Waals surface area contributed by atoms with Crippen LogP contribution < -0.4 is 18.9 Å². The van der Waals surface area contributed by atoms with Gasteiger partial charge in [-0.15, -0.1) is 22.7 Å². The van der Waals surface area contributed by atoms with E-state index in [-0.39, 0.29) is 12.2 Å². The van der Waals surface area contributed by atoms with Crippen LogP contribution in [0.1, 0.15) is 6.42 Å². The predicted octanol–water partition coefficient (Wildman–Crippen LogP) is 3.30. The molecule has 4 rings (SSSR count). The molecule has 0 aromatic carbocycles. The van der Waals surface area contributed by atoms with Crippen LogP contribution in [0.25, 0.3) is 0 Å². The molecule has 2 unspecified atom stereocenters. The van der Waals surface area contributed by atoms with E-state index in [0.717, 1.165) is 29.4 Å². The van der Waals surface area contributed by atoms with Gasteiger partial charge in [0.25, 0.3) is 0 Å². The van der Waals surface area contributed by atoms with Gasteiger partial charge in [0.1, 0.15) is 19.3 Å². The van der Waals surface area contributed by atoms with Crippen molar-refractivity contribution in [2.75, 3.05) is 106 Å². The van der Waals surface area contributed by atoms with Crippen LogP contribution in [0.5, 0.6) is 23.0 Å². The molecule has 4 heterocycles. The maximum Gasteiger partial charge on any atom is 0.172 e. The second-order valence-corrected chi connectivity index (χ2v) is 10.3. The number of ether oxygens (including phenoxy) is 11. The molecule has 0 aliphatic carbocycles. The van der Waals surface area contributed by atoms with Crippen LogP contribution in [-0.4, -0.2) is 118 Å². The summed E-state index contributed by atoms with van der Waals surface area (Å²) < 4.78 is 61.7. The van der Waals surface area contributed by atoms with Gasteiger partial charge in [0.2, 0.25) is 0 Å². The summed E-state index contributed by atoms with van der Waals surface area (Å²) in [5, 5.41) is 7.79. The molecule has 2 atom stereocenters. The molecule has 0 saturated carbocycles. The van der Waals surface area contributed by atoms with Gasteiger partial charge in [-0.1, -0.05) is 0 Å². The zero-order valence-corrected chi connectivity index (χ0v) is 24.4. The van der Waals surface area contributed by atoms with E-state index in [4.69, 9.17) is 52.1 Å². The van der Waals surface area contributed by atoms with E-state index in [2.05, 4.69) is 0 Å². The lowest BCUT2D eigenvalue weighted by Crippen LogP contribution is -2.33. The van der Waals surface area contributed by atoms with Crippen molar-refractivity contribution in [1.82, 2.24) is 0 Å². The van der Waals surface area contributed by atoms with Gasteiger partial charge in [0.05, 0.1) is 92.5 Å². The molecule has 226 valence electrons. The van der Waals surface area contributed by atoms with Crippen molar-refractivity contribution in [3.8, 4) is 23.0 Å². The van der Waals surface area contributed by atoms with Gasteiger partial charge in [-0.2, -0.15) is 0 Å². The van der Waals surface area contributed by atoms with E-state index in [1.54, 1.807) is 22.7 Å². The highest BCUT2D eigenvalue weighted by molar-refractivity contribution is 7.08. The third kappa shape index (κ3) is 12.0. The Balaban J connectivity index is 0.800. The Morgan fingerprint density at radius 2 is 0.850 bits per heavy atom. The Bertz CT molecular complexity index is 836. The SMILES string of the molecule is c1scc2c1OCC(CCOCCOCCOCCOCCOCCOCCOCC1COc3cscc3O1)O2. The third-order valence-corrected chi connectivity index (χ3v) is 7.14. The van der Waals surface area contributed by atoms with Gasteiger partial charge >= 0.3 is 0 Å². The summed E-state index contributed by atoms with van der Waals surface area (Å²) in [7, 11) is 0. The number of rotatable bonds is 23. The lowest BCUT2D eigenvalue weighted by Gasteiger charge is -2.24. The molecular weight excluding hydrogens is 564 g/mol. The molecule has 11 nitrogen and oxygen atoms in total. The highest BCUT2D eigenvalue weighted by Crippen LogP contribution is 2.36. The van der Waals surface area contributed by atoms with Gasteiger partial charge in [-0.25, -0.2) is 0 Å². The first-order valence-corrected chi connectivity index (χ1v) is 15.5. The molecule has 0 saturated heterocycles. The maximum absolute atomic E-state index is 5.86. The minimum atomic E-state index is -0.0836. The zero-order valence-electron chi connectivity index (χ0n) is 22.8. The second kappa shape index (κ2) is 19.4. The van der Waals surface area contributed by atoms with Gasteiger partial charge in [-0.05, 0) is 0 Å². The van der Waals surface area contributed by atoms with E-state index in [1.807, 2.05) is 21.5 Å². The maximum atomic E-state index is 5.86. The number of thiophene rings is 2. The van der Waals surface area contributed by atoms with E-state index < -0.39 is 0 Å². The van der Waals surface area contributed by atoms with Gasteiger partial charge in [-0.3, -0.25) is 0 Å². The average Bonchev–Trinajstić information content (AvgIpc) is 3.64. The molecule has 0 N–H and O–H groups in total. The first kappa shape index (κ1) is 31.3. The lowest BCUT2D eigenvalue weighted by molar-refractivity contribution is -0.0299. The quantitative estimate of drug-likeness (QED) is 0.175. The van der Waals surface area contributed by atoms with Crippen molar-refractivity contribution in [2.45, 2.75) is 18.6 Å². The minimum Gasteiger partial charge on any atom is -0.485 e. The average molecular weight is 605 g/mol. The first-order valence-electron chi connectivity index (χ1n) is 13.6. The fourth-order valence-electron chi connectivity index (χ4n) is 3.70. The lowest BCUT2D eigenvalue weighted by atomic mass is 10.2. The molecular formula is C27H40O11S2. The van der Waals surface area contributed by atoms with E-state index in [0.29, 0.717) is 106 Å². The molecule has 2 aromatic heterocycles. The highest BCUT2D eigenvalue weighted by Gasteiger charge is 2.22. The van der Waals surface area contributed by atoms with Crippen molar-refractivity contribution in [2.24, 2.45) is 0 Å². The zero-order chi connectivity index (χ0) is 27.5. The Hall–Kier alpha value is -1.68. The Morgan fingerprint density at radius 3 is 1.35 bits per heavy atom. The fraction of sp³-hybridized carbons (Fsp3) is 0.704. The summed E-state index contributed by atoms with van der Waals surface area (Å²) in [6, 6.07) is 0. The van der Waals surface area contributed by atoms with Crippen molar-refractivity contribution < 1.29 is 52.1 Å². The summed E-state index contributed by atoms with van der Waals surface area (Å²) >= 11 is 3.15. The molecule has 0 spiro atoms. The Morgan fingerprint density at radius 1 is 0.475 bits per heavy atom. The van der Waals surface area contributed by atoms with E-state index in [9.17, 15) is 0 Å². The van der Waals surface area contributed by atoms with Crippen LogP contribution in [0.4, 0.5) is 0 Å². The monoisotopic (exact) mass is 604 g/mol. The van der Waals surface area contributed by atoms with Crippen LogP contribution in [-0.2, 0) is 33.2 Å². The van der Waals surface area contributed by atoms with E-state index >= 15 is 0 Å². The van der Waals surface area contributed by atoms with Crippen LogP contribution in [0.2, 0.25) is 0 Å². The summed E-state index contributed by atoms with van der Waals surface area (Å²) in [5.74, 6) is 3.28. The molecule has 0 bridgehead atoms. The molecule has 0 amide bonds. The second-order valence-electron chi connectivity index (χ2n) is 8.84. The van der Waals surface area contributed by atoms with Crippen molar-refractivity contribution in [3.05, 3.63) is 21.5 Å². The molecule has 0 fully saturated rings. The van der Waals surface area contributed by atoms with Crippen molar-refractivity contribution >= 4 is 22.7 Å². The van der Waals surface area contributed by atoms with Crippen LogP contribution >= 0.6 is 22.7 Å². The summed E-state index contributed by atoms with van der Waals surface area (Å²) in [6.07, 6.45) is 0.743. The van der Waals surface area contributed by atoms with Crippen molar-refractivity contribution in [1.29, 1.82) is 0 Å². The molecule has 13 heteroatoms. The smallest absolute Gasteiger partial charge is 0.172 e. The molecule has 0 radical (unpaired) electrons. The van der Waals surface area contributed by atoms with Crippen molar-refractivity contribution in [3.63, 3.8) is 0 Å². The molecule has 40 heavy (non-hydrogen) atoms. The van der Waals surface area contributed by atoms with Gasteiger partial charge in [0, 0.05) is 27.9 Å². The standard InChI is InChI=1S/C27H40O11S2/c1(22-16-35-24-18-39-20-26(24)37-22)2-28-3-4-29-5-6-30-7-8-31-9-10-32-11-12-33-13-14-34-15-23-17-36-25-19-40-21-27(25)38-23/h18-23H,1-17H2. The van der Waals surface area contributed by atoms with Crippen LogP contribution in [0.15, 0.2) is 21.5 Å². The van der Waals surface area contributed by atoms with Gasteiger partial charge in [0.15, 0.2) is 29.1 Å². The van der Waals surface area contributed by atoms with Gasteiger partial charge < -0.3 is 52.1 Å². The highest BCUT2D eigenvalue weighted by atomic mass is 32.1. The fourth-order valence-corrected chi connectivity index (χ4v) is 5.04. The van der Waals surface area contributed by atoms with Crippen LogP contribution in [0.3, 0.4) is 0 Å². The molecule has 2 aliphatic heterocycles. The topological polar surface area (TPSA) is 102 Å². The minimum absolute atomic E-state index is 0.0372. The Kier molecular flexibility index (Phi) is 15.2. The summed E-state index contributed by atoms with van der Waals surface area (Å²) in [4.78, 5) is 0. The number of fused-ring (bicyclic) bond motifs is 2. The Labute approximate surface area is 243 Å². The van der Waals surface area contributed by atoms with Crippen LogP contribution in [0, 0.1) is 0 Å². The normalized spacial score (nSPS) is 17.8. The summed E-state index contributed by atoms with van der Waals surface area (Å²) in [6.45, 7) is 8.38. The number of hydrogen-bond donors (Lipinski definition) is 0. The largest absolute Gasteiger partial charge is 0.485 e. The third-order valence-electron chi connectivity index (χ3n) is 5.74. The molecule has 2 aromatic rings.